The first-order valence-corrected chi connectivity index (χ1v) is 39.7. The Kier molecular flexibility index (Phi) is 67.6. The van der Waals surface area contributed by atoms with Crippen molar-refractivity contribution in [1.82, 2.24) is 5.32 Å². The molecule has 0 bridgehead atoms. The molecule has 0 aromatic carbocycles. The van der Waals surface area contributed by atoms with Crippen LogP contribution in [0.25, 0.3) is 0 Å². The van der Waals surface area contributed by atoms with Crippen molar-refractivity contribution in [2.24, 2.45) is 0 Å². The van der Waals surface area contributed by atoms with Gasteiger partial charge in [-0.05, 0) is 128 Å². The fourth-order valence-electron chi connectivity index (χ4n) is 10.5. The molecule has 9 nitrogen and oxygen atoms in total. The van der Waals surface area contributed by atoms with Crippen LogP contribution in [0.2, 0.25) is 0 Å². The maximum Gasteiger partial charge on any atom is 0.472 e. The molecule has 0 aliphatic rings. The van der Waals surface area contributed by atoms with Crippen LogP contribution < -0.4 is 5.32 Å². The molecule has 0 aliphatic carbocycles. The standard InChI is InChI=1S/C83H143N2O7P/c1-7-10-13-16-19-22-25-28-30-32-34-36-38-40-42-44-46-48-50-52-54-57-60-63-66-69-72-75-82(86)84-80(79-91-93(88,89)90-78-77-85(4,5)6)81(74-71-68-65-62-59-56-27-24-21-18-15-12-9-3)92-83(87)76-73-70-67-64-61-58-55-53-51-49-47-45-43-41-39-37-35-33-31-29-26-23-20-17-14-11-8-2/h10-11,13-14,19-20,22-23,28-31,34-37,40-43,46,48,71,74,80-81H,7-9,12,15-18,21,24-27,32-33,38-39,44-45,47,49-70,72-73,75-79H2,1-6H3,(H-,84,86,88,89)/p+1/b13-10-,14-11-,22-19-,23-20-,30-28-,31-29-,36-34-,37-35-,42-40-,43-41-,48-46-,74-71+. The first-order chi connectivity index (χ1) is 45.4. The monoisotopic (exact) mass is 1310 g/mol. The van der Waals surface area contributed by atoms with E-state index in [0.717, 1.165) is 141 Å². The highest BCUT2D eigenvalue weighted by Gasteiger charge is 2.30. The molecule has 0 rings (SSSR count). The number of phosphoric acid groups is 1. The van der Waals surface area contributed by atoms with Gasteiger partial charge >= 0.3 is 13.8 Å². The van der Waals surface area contributed by atoms with Gasteiger partial charge in [0.15, 0.2) is 0 Å². The van der Waals surface area contributed by atoms with Gasteiger partial charge in [0.1, 0.15) is 19.3 Å². The van der Waals surface area contributed by atoms with Crippen molar-refractivity contribution in [3.05, 3.63) is 146 Å². The molecule has 1 amide bonds. The van der Waals surface area contributed by atoms with E-state index in [1.165, 1.54) is 141 Å². The van der Waals surface area contributed by atoms with Gasteiger partial charge in [-0.25, -0.2) is 4.57 Å². The van der Waals surface area contributed by atoms with Crippen LogP contribution >= 0.6 is 7.82 Å². The Morgan fingerprint density at radius 3 is 1.03 bits per heavy atom. The van der Waals surface area contributed by atoms with Crippen molar-refractivity contribution < 1.29 is 37.3 Å². The Hall–Kier alpha value is -4.11. The molecule has 0 heterocycles. The number of hydrogen-bond donors (Lipinski definition) is 2. The van der Waals surface area contributed by atoms with E-state index in [4.69, 9.17) is 13.8 Å². The van der Waals surface area contributed by atoms with E-state index >= 15 is 0 Å². The Labute approximate surface area is 574 Å². The van der Waals surface area contributed by atoms with E-state index in [9.17, 15) is 19.0 Å². The molecule has 3 atom stereocenters. The second-order valence-electron chi connectivity index (χ2n) is 26.4. The largest absolute Gasteiger partial charge is 0.472 e. The van der Waals surface area contributed by atoms with E-state index in [0.29, 0.717) is 17.4 Å². The Bertz CT molecular complexity index is 2100. The lowest BCUT2D eigenvalue weighted by Crippen LogP contribution is -2.47. The molecule has 0 radical (unpaired) electrons. The van der Waals surface area contributed by atoms with E-state index in [1.54, 1.807) is 0 Å². The minimum absolute atomic E-state index is 0.0311. The van der Waals surface area contributed by atoms with Crippen LogP contribution in [0, 0.1) is 0 Å². The number of quaternary nitrogens is 1. The van der Waals surface area contributed by atoms with E-state index in [1.807, 2.05) is 33.3 Å². The molecule has 0 fully saturated rings. The normalized spacial score (nSPS) is 14.3. The number of phosphoric ester groups is 1. The summed E-state index contributed by atoms with van der Waals surface area (Å²) in [6.07, 6.45) is 103. The molecular formula is C83H144N2O7P+. The highest BCUT2D eigenvalue weighted by atomic mass is 31.2. The number of amides is 1. The van der Waals surface area contributed by atoms with Crippen molar-refractivity contribution in [2.45, 2.75) is 328 Å². The van der Waals surface area contributed by atoms with Gasteiger partial charge in [0.05, 0.1) is 33.8 Å². The van der Waals surface area contributed by atoms with E-state index in [-0.39, 0.29) is 31.5 Å². The number of carbonyl (C=O) groups is 2. The summed E-state index contributed by atoms with van der Waals surface area (Å²) in [6.45, 7) is 6.79. The van der Waals surface area contributed by atoms with E-state index in [2.05, 4.69) is 160 Å². The first-order valence-electron chi connectivity index (χ1n) is 38.2. The van der Waals surface area contributed by atoms with Crippen molar-refractivity contribution in [1.29, 1.82) is 0 Å². The molecule has 2 N–H and O–H groups in total. The topological polar surface area (TPSA) is 111 Å². The van der Waals surface area contributed by atoms with Crippen LogP contribution in [0.4, 0.5) is 0 Å². The number of esters is 1. The zero-order valence-corrected chi connectivity index (χ0v) is 61.8. The van der Waals surface area contributed by atoms with Crippen LogP contribution in [0.3, 0.4) is 0 Å². The van der Waals surface area contributed by atoms with Gasteiger partial charge in [0.2, 0.25) is 5.91 Å². The molecule has 0 aromatic heterocycles. The number of hydrogen-bond acceptors (Lipinski definition) is 6. The summed E-state index contributed by atoms with van der Waals surface area (Å²) in [4.78, 5) is 38.0. The van der Waals surface area contributed by atoms with Crippen LogP contribution in [-0.4, -0.2) is 74.3 Å². The lowest BCUT2D eigenvalue weighted by molar-refractivity contribution is -0.870. The van der Waals surface area contributed by atoms with E-state index < -0.39 is 20.0 Å². The quantitative estimate of drug-likeness (QED) is 0.0205. The zero-order chi connectivity index (χ0) is 67.8. The molecule has 0 aromatic rings. The summed E-state index contributed by atoms with van der Waals surface area (Å²) in [5.74, 6) is -0.520. The SMILES string of the molecule is CC/C=C\C/C=C\C/C=C\C/C=C\C/C=C\C/C=C\CCCCCCCCCCC(=O)NC(COP(=O)(O)OCC[N+](C)(C)C)C(/C=C/CCCCCCCCCCCCC)OC(=O)CCCCCCCCCCCCC/C=C\C/C=C\C/C=C\C/C=C\C/C=C\CC. The van der Waals surface area contributed by atoms with Crippen molar-refractivity contribution in [3.63, 3.8) is 0 Å². The third-order valence-corrected chi connectivity index (χ3v) is 17.3. The lowest BCUT2D eigenvalue weighted by Gasteiger charge is -2.27. The predicted molar refractivity (Wildman–Crippen MR) is 406 cm³/mol. The number of unbranched alkanes of at least 4 members (excludes halogenated alkanes) is 30. The highest BCUT2D eigenvalue weighted by Crippen LogP contribution is 2.43. The molecule has 0 spiro atoms. The van der Waals surface area contributed by atoms with Gasteiger partial charge in [0.25, 0.3) is 0 Å². The zero-order valence-electron chi connectivity index (χ0n) is 61.0. The van der Waals surface area contributed by atoms with Crippen molar-refractivity contribution >= 4 is 19.7 Å². The minimum atomic E-state index is -4.47. The molecule has 532 valence electrons. The number of ether oxygens (including phenoxy) is 1. The number of carbonyl (C=O) groups excluding carboxylic acids is 2. The van der Waals surface area contributed by atoms with Crippen LogP contribution in [0.1, 0.15) is 316 Å². The molecule has 0 saturated carbocycles. The lowest BCUT2D eigenvalue weighted by atomic mass is 10.0. The number of rotatable bonds is 68. The molecule has 93 heavy (non-hydrogen) atoms. The number of nitrogens with one attached hydrogen (secondary N) is 1. The maximum absolute atomic E-state index is 13.7. The molecule has 10 heteroatoms. The Morgan fingerprint density at radius 1 is 0.387 bits per heavy atom. The number of likely N-dealkylation sites (N-methyl/N-ethyl adjacent to an activating group) is 1. The fourth-order valence-corrected chi connectivity index (χ4v) is 11.2. The van der Waals surface area contributed by atoms with Gasteiger partial charge in [-0.2, -0.15) is 0 Å². The maximum atomic E-state index is 13.7. The summed E-state index contributed by atoms with van der Waals surface area (Å²) in [5, 5.41) is 3.07. The van der Waals surface area contributed by atoms with Gasteiger partial charge < -0.3 is 19.4 Å². The van der Waals surface area contributed by atoms with Crippen molar-refractivity contribution in [2.75, 3.05) is 40.9 Å². The summed E-state index contributed by atoms with van der Waals surface area (Å²) in [7, 11) is 1.48. The van der Waals surface area contributed by atoms with Gasteiger partial charge in [-0.15, -0.1) is 0 Å². The fraction of sp³-hybridized carbons (Fsp3) is 0.687. The Morgan fingerprint density at radius 2 is 0.688 bits per heavy atom. The van der Waals surface area contributed by atoms with Gasteiger partial charge in [-0.1, -0.05) is 321 Å². The third kappa shape index (κ3) is 72.0. The third-order valence-electron chi connectivity index (χ3n) is 16.3. The van der Waals surface area contributed by atoms with Gasteiger partial charge in [-0.3, -0.25) is 18.6 Å². The van der Waals surface area contributed by atoms with Crippen LogP contribution in [0.5, 0.6) is 0 Å². The molecule has 3 unspecified atom stereocenters. The summed E-state index contributed by atoms with van der Waals surface area (Å²) >= 11 is 0. The summed E-state index contributed by atoms with van der Waals surface area (Å²) in [6, 6.07) is -0.866. The smallest absolute Gasteiger partial charge is 0.456 e. The van der Waals surface area contributed by atoms with Gasteiger partial charge in [0, 0.05) is 12.8 Å². The van der Waals surface area contributed by atoms with Crippen molar-refractivity contribution in [3.8, 4) is 0 Å². The molecule has 0 saturated heterocycles. The first kappa shape index (κ1) is 88.9. The average Bonchev–Trinajstić information content (AvgIpc) is 2.31. The molecular weight excluding hydrogens is 1170 g/mol. The number of allylic oxidation sites excluding steroid dienone is 23. The predicted octanol–water partition coefficient (Wildman–Crippen LogP) is 24.9. The Balaban J connectivity index is 5.07. The highest BCUT2D eigenvalue weighted by molar-refractivity contribution is 7.47. The molecule has 0 aliphatic heterocycles. The second kappa shape index (κ2) is 70.7. The average molecular weight is 1310 g/mol. The second-order valence-corrected chi connectivity index (χ2v) is 27.9. The summed E-state index contributed by atoms with van der Waals surface area (Å²) in [5.41, 5.74) is 0. The minimum Gasteiger partial charge on any atom is -0.456 e. The number of nitrogens with zero attached hydrogens (tertiary/aromatic N) is 1. The van der Waals surface area contributed by atoms with Crippen LogP contribution in [-0.2, 0) is 27.9 Å². The summed E-state index contributed by atoms with van der Waals surface area (Å²) < 4.78 is 30.9. The van der Waals surface area contributed by atoms with Crippen LogP contribution in [0.15, 0.2) is 146 Å².